The molecule has 22 heavy (non-hydrogen) atoms. The van der Waals surface area contributed by atoms with Gasteiger partial charge < -0.3 is 15.2 Å². The second kappa shape index (κ2) is 6.80. The number of likely N-dealkylation sites (N-methyl/N-ethyl adjacent to an activating group) is 1. The fourth-order valence-corrected chi connectivity index (χ4v) is 3.07. The number of methoxy groups -OCH3 is 1. The first kappa shape index (κ1) is 16.3. The molecule has 1 aromatic carbocycles. The summed E-state index contributed by atoms with van der Waals surface area (Å²) < 4.78 is 5.33. The van der Waals surface area contributed by atoms with Crippen molar-refractivity contribution in [1.82, 2.24) is 10.2 Å². The number of benzene rings is 1. The van der Waals surface area contributed by atoms with E-state index in [2.05, 4.69) is 5.32 Å². The average molecular weight is 338 g/mol. The van der Waals surface area contributed by atoms with E-state index in [-0.39, 0.29) is 24.1 Å². The van der Waals surface area contributed by atoms with Crippen molar-refractivity contribution < 1.29 is 19.4 Å². The molecule has 1 fully saturated rings. The molecule has 2 rings (SSSR count). The predicted molar refractivity (Wildman–Crippen MR) is 88.6 cm³/mol. The number of hydrogen-bond donors (Lipinski definition) is 2. The summed E-state index contributed by atoms with van der Waals surface area (Å²) in [7, 11) is 2.94. The predicted octanol–water partition coefficient (Wildman–Crippen LogP) is 1.35. The second-order valence-corrected chi connectivity index (χ2v) is 6.01. The number of para-hydroxylation sites is 1. The van der Waals surface area contributed by atoms with Crippen molar-refractivity contribution in [1.29, 1.82) is 0 Å². The van der Waals surface area contributed by atoms with E-state index in [4.69, 9.17) is 17.0 Å². The molecule has 0 unspecified atom stereocenters. The van der Waals surface area contributed by atoms with Gasteiger partial charge in [-0.15, -0.1) is 0 Å². The average Bonchev–Trinajstić information content (AvgIpc) is 2.76. The molecule has 116 valence electrons. The van der Waals surface area contributed by atoms with Crippen LogP contribution in [0.2, 0.25) is 0 Å². The number of carbonyl (C=O) groups is 2. The highest BCUT2D eigenvalue weighted by Crippen LogP contribution is 2.36. The highest BCUT2D eigenvalue weighted by molar-refractivity contribution is 8.26. The molecular formula is C14H14N2O4S2. The van der Waals surface area contributed by atoms with Gasteiger partial charge in [-0.3, -0.25) is 14.5 Å². The number of hydrogen-bond acceptors (Lipinski definition) is 6. The molecule has 0 saturated carbocycles. The van der Waals surface area contributed by atoms with Gasteiger partial charge in [-0.2, -0.15) is 0 Å². The second-order valence-electron chi connectivity index (χ2n) is 4.34. The van der Waals surface area contributed by atoms with Crippen LogP contribution in [0.3, 0.4) is 0 Å². The maximum absolute atomic E-state index is 12.3. The van der Waals surface area contributed by atoms with Crippen LogP contribution < -0.4 is 10.1 Å². The highest BCUT2D eigenvalue weighted by atomic mass is 32.2. The van der Waals surface area contributed by atoms with Gasteiger partial charge in [-0.25, -0.2) is 0 Å². The van der Waals surface area contributed by atoms with E-state index < -0.39 is 0 Å². The lowest BCUT2D eigenvalue weighted by atomic mass is 10.1. The molecule has 1 heterocycles. The molecular weight excluding hydrogens is 324 g/mol. The molecule has 0 aliphatic carbocycles. The monoisotopic (exact) mass is 338 g/mol. The largest absolute Gasteiger partial charge is 0.504 e. The lowest BCUT2D eigenvalue weighted by Gasteiger charge is -2.12. The summed E-state index contributed by atoms with van der Waals surface area (Å²) >= 11 is 6.21. The Morgan fingerprint density at radius 2 is 2.27 bits per heavy atom. The number of phenols is 1. The summed E-state index contributed by atoms with van der Waals surface area (Å²) in [4.78, 5) is 25.3. The standard InChI is InChI=1S/C14H14N2O4S2/c1-15-11(17)7-16-13(19)10(22-14(16)21)6-8-4-3-5-9(20-2)12(8)18/h3-6,18H,7H2,1-2H3,(H,15,17). The lowest BCUT2D eigenvalue weighted by molar-refractivity contribution is -0.128. The van der Waals surface area contributed by atoms with Crippen molar-refractivity contribution in [3.8, 4) is 11.5 Å². The van der Waals surface area contributed by atoms with Crippen LogP contribution in [0.5, 0.6) is 11.5 Å². The van der Waals surface area contributed by atoms with Crippen molar-refractivity contribution in [3.05, 3.63) is 28.7 Å². The van der Waals surface area contributed by atoms with Crippen LogP contribution in [0.15, 0.2) is 23.1 Å². The van der Waals surface area contributed by atoms with E-state index in [0.717, 1.165) is 11.8 Å². The number of thioether (sulfide) groups is 1. The number of rotatable bonds is 4. The van der Waals surface area contributed by atoms with Gasteiger partial charge in [-0.1, -0.05) is 36.1 Å². The number of phenolic OH excluding ortho intramolecular Hbond substituents is 1. The third kappa shape index (κ3) is 3.23. The summed E-state index contributed by atoms with van der Waals surface area (Å²) in [6, 6.07) is 4.97. The zero-order valence-corrected chi connectivity index (χ0v) is 13.6. The number of amides is 2. The Morgan fingerprint density at radius 3 is 2.91 bits per heavy atom. The van der Waals surface area contributed by atoms with Gasteiger partial charge in [0.2, 0.25) is 5.91 Å². The molecule has 2 amide bonds. The highest BCUT2D eigenvalue weighted by Gasteiger charge is 2.33. The molecule has 1 aliphatic rings. The summed E-state index contributed by atoms with van der Waals surface area (Å²) in [6.45, 7) is -0.122. The molecule has 2 N–H and O–H groups in total. The van der Waals surface area contributed by atoms with Gasteiger partial charge >= 0.3 is 0 Å². The molecule has 0 radical (unpaired) electrons. The van der Waals surface area contributed by atoms with Crippen LogP contribution in [0.4, 0.5) is 0 Å². The van der Waals surface area contributed by atoms with Crippen LogP contribution in [0.1, 0.15) is 5.56 Å². The maximum atomic E-state index is 12.3. The molecule has 1 saturated heterocycles. The summed E-state index contributed by atoms with van der Waals surface area (Å²) in [5, 5.41) is 12.5. The van der Waals surface area contributed by atoms with Crippen LogP contribution in [0, 0.1) is 0 Å². The first-order valence-corrected chi connectivity index (χ1v) is 7.52. The first-order chi connectivity index (χ1) is 10.5. The van der Waals surface area contributed by atoms with E-state index in [1.54, 1.807) is 18.2 Å². The van der Waals surface area contributed by atoms with E-state index in [0.29, 0.717) is 20.5 Å². The van der Waals surface area contributed by atoms with E-state index in [9.17, 15) is 14.7 Å². The zero-order valence-electron chi connectivity index (χ0n) is 12.0. The number of ether oxygens (including phenoxy) is 1. The van der Waals surface area contributed by atoms with Crippen LogP contribution >= 0.6 is 24.0 Å². The summed E-state index contributed by atoms with van der Waals surface area (Å²) in [6.07, 6.45) is 1.53. The van der Waals surface area contributed by atoms with Crippen molar-refractivity contribution >= 4 is 46.2 Å². The SMILES string of the molecule is CNC(=O)CN1C(=O)C(=Cc2cccc(OC)c2O)SC1=S. The molecule has 0 bridgehead atoms. The molecule has 1 aliphatic heterocycles. The fourth-order valence-electron chi connectivity index (χ4n) is 1.82. The Morgan fingerprint density at radius 1 is 1.55 bits per heavy atom. The van der Waals surface area contributed by atoms with Crippen LogP contribution in [-0.2, 0) is 9.59 Å². The molecule has 0 aromatic heterocycles. The third-order valence-electron chi connectivity index (χ3n) is 2.99. The first-order valence-electron chi connectivity index (χ1n) is 6.29. The maximum Gasteiger partial charge on any atom is 0.266 e. The Kier molecular flexibility index (Phi) is 5.04. The number of nitrogens with one attached hydrogen (secondary N) is 1. The van der Waals surface area contributed by atoms with Crippen molar-refractivity contribution in [3.63, 3.8) is 0 Å². The minimum absolute atomic E-state index is 0.0541. The minimum Gasteiger partial charge on any atom is -0.504 e. The van der Waals surface area contributed by atoms with Crippen molar-refractivity contribution in [2.75, 3.05) is 20.7 Å². The van der Waals surface area contributed by atoms with Gasteiger partial charge in [0.25, 0.3) is 5.91 Å². The van der Waals surface area contributed by atoms with Gasteiger partial charge in [0.1, 0.15) is 10.9 Å². The van der Waals surface area contributed by atoms with Crippen LogP contribution in [-0.4, -0.2) is 46.8 Å². The molecule has 0 spiro atoms. The minimum atomic E-state index is -0.360. The van der Waals surface area contributed by atoms with Crippen molar-refractivity contribution in [2.24, 2.45) is 0 Å². The Balaban J connectivity index is 2.29. The Labute approximate surface area is 137 Å². The third-order valence-corrected chi connectivity index (χ3v) is 4.37. The normalized spacial score (nSPS) is 16.3. The molecule has 1 aromatic rings. The smallest absolute Gasteiger partial charge is 0.266 e. The van der Waals surface area contributed by atoms with Crippen molar-refractivity contribution in [2.45, 2.75) is 0 Å². The topological polar surface area (TPSA) is 78.9 Å². The number of carbonyl (C=O) groups excluding carboxylic acids is 2. The van der Waals surface area contributed by atoms with E-state index in [1.165, 1.54) is 25.1 Å². The Hall–Kier alpha value is -2.06. The number of aromatic hydroxyl groups is 1. The van der Waals surface area contributed by atoms with Gasteiger partial charge in [-0.05, 0) is 12.1 Å². The summed E-state index contributed by atoms with van der Waals surface area (Å²) in [5.41, 5.74) is 0.444. The fraction of sp³-hybridized carbons (Fsp3) is 0.214. The van der Waals surface area contributed by atoms with E-state index in [1.807, 2.05) is 0 Å². The lowest BCUT2D eigenvalue weighted by Crippen LogP contribution is -2.38. The van der Waals surface area contributed by atoms with Gasteiger partial charge in [0, 0.05) is 12.6 Å². The quantitative estimate of drug-likeness (QED) is 0.637. The van der Waals surface area contributed by atoms with Crippen LogP contribution in [0.25, 0.3) is 6.08 Å². The molecule has 0 atom stereocenters. The number of thiocarbonyl (C=S) groups is 1. The molecule has 6 nitrogen and oxygen atoms in total. The van der Waals surface area contributed by atoms with E-state index >= 15 is 0 Å². The molecule has 8 heteroatoms. The summed E-state index contributed by atoms with van der Waals surface area (Å²) in [5.74, 6) is -0.404. The van der Waals surface area contributed by atoms with Gasteiger partial charge in [0.05, 0.1) is 12.0 Å². The zero-order chi connectivity index (χ0) is 16.3. The number of nitrogens with zero attached hydrogens (tertiary/aromatic N) is 1. The van der Waals surface area contributed by atoms with Gasteiger partial charge in [0.15, 0.2) is 11.5 Å². The Bertz CT molecular complexity index is 673.